The number of ether oxygens (including phenoxy) is 4. The fourth-order valence-corrected chi connectivity index (χ4v) is 6.54. The molecule has 6 N–H and O–H groups in total. The molecule has 0 aliphatic carbocycles. The Morgan fingerprint density at radius 3 is 1.88 bits per heavy atom. The lowest BCUT2D eigenvalue weighted by molar-refractivity contribution is -0.193. The van der Waals surface area contributed by atoms with Crippen molar-refractivity contribution in [2.75, 3.05) is 40.5 Å². The molecule has 1 aliphatic heterocycles. The lowest BCUT2D eigenvalue weighted by Crippen LogP contribution is -2.50. The lowest BCUT2D eigenvalue weighted by atomic mass is 9.96. The van der Waals surface area contributed by atoms with E-state index in [1.54, 1.807) is 12.4 Å². The Morgan fingerprint density at radius 1 is 0.741 bits per heavy atom. The minimum absolute atomic E-state index is 0.0643. The fourth-order valence-electron chi connectivity index (χ4n) is 6.54. The van der Waals surface area contributed by atoms with Crippen molar-refractivity contribution in [3.8, 4) is 22.4 Å². The quantitative estimate of drug-likeness (QED) is 0.0786. The number of hydrogen-bond acceptors (Lipinski definition) is 11. The molecule has 0 radical (unpaired) electrons. The largest absolute Gasteiger partial charge is 0.453 e. The third-order valence-corrected chi connectivity index (χ3v) is 10.2. The summed E-state index contributed by atoms with van der Waals surface area (Å²) in [6, 6.07) is 15.0. The number of carbonyl (C=O) groups is 4. The van der Waals surface area contributed by atoms with E-state index in [-0.39, 0.29) is 47.9 Å². The second kappa shape index (κ2) is 20.2. The van der Waals surface area contributed by atoms with Crippen molar-refractivity contribution < 1.29 is 38.1 Å². The van der Waals surface area contributed by atoms with Gasteiger partial charge in [0, 0.05) is 18.4 Å². The number of methoxy groups -OCH3 is 2. The smallest absolute Gasteiger partial charge is 0.407 e. The molecular weight excluding hydrogens is 745 g/mol. The van der Waals surface area contributed by atoms with E-state index in [0.29, 0.717) is 37.1 Å². The highest BCUT2D eigenvalue weighted by Gasteiger charge is 2.29. The number of ketones is 1. The summed E-state index contributed by atoms with van der Waals surface area (Å²) in [4.78, 5) is 64.6. The summed E-state index contributed by atoms with van der Waals surface area (Å²) in [6.45, 7) is 12.6. The highest BCUT2D eigenvalue weighted by molar-refractivity contribution is 5.89. The van der Waals surface area contributed by atoms with Crippen LogP contribution in [0.2, 0.25) is 0 Å². The van der Waals surface area contributed by atoms with E-state index >= 15 is 0 Å². The van der Waals surface area contributed by atoms with Gasteiger partial charge in [-0.25, -0.2) is 19.6 Å². The number of H-pyrrole nitrogens is 2. The molecule has 2 aromatic carbocycles. The predicted octanol–water partition coefficient (Wildman–Crippen LogP) is 5.50. The molecule has 1 aliphatic rings. The summed E-state index contributed by atoms with van der Waals surface area (Å²) in [7, 11) is 2.53. The summed E-state index contributed by atoms with van der Waals surface area (Å²) in [6.07, 6.45) is 1.60. The maximum Gasteiger partial charge on any atom is 0.407 e. The topological polar surface area (TPSA) is 211 Å². The number of benzene rings is 2. The Hall–Kier alpha value is -5.58. The Kier molecular flexibility index (Phi) is 15.2. The molecular formula is C42H56N8O8. The van der Waals surface area contributed by atoms with Crippen LogP contribution in [0.4, 0.5) is 9.59 Å². The molecule has 1 fully saturated rings. The van der Waals surface area contributed by atoms with Gasteiger partial charge >= 0.3 is 12.2 Å². The fraction of sp³-hybridized carbons (Fsp3) is 0.476. The first-order chi connectivity index (χ1) is 27.8. The van der Waals surface area contributed by atoms with Crippen molar-refractivity contribution >= 4 is 23.9 Å². The molecule has 312 valence electrons. The number of imidazole rings is 2. The first-order valence-electron chi connectivity index (χ1n) is 19.5. The molecule has 16 nitrogen and oxygen atoms in total. The monoisotopic (exact) mass is 800 g/mol. The molecule has 0 unspecified atom stereocenters. The normalized spacial score (nSPS) is 17.6. The molecule has 5 rings (SSSR count). The van der Waals surface area contributed by atoms with Crippen LogP contribution in [-0.2, 0) is 28.5 Å². The van der Waals surface area contributed by atoms with Crippen LogP contribution in [0.5, 0.6) is 0 Å². The van der Waals surface area contributed by atoms with Crippen molar-refractivity contribution in [2.45, 2.75) is 77.8 Å². The molecule has 58 heavy (non-hydrogen) atoms. The highest BCUT2D eigenvalue weighted by atomic mass is 16.7. The number of rotatable bonds is 17. The second-order valence-corrected chi connectivity index (χ2v) is 15.2. The zero-order chi connectivity index (χ0) is 41.9. The van der Waals surface area contributed by atoms with E-state index in [2.05, 4.69) is 87.1 Å². The molecule has 4 atom stereocenters. The highest BCUT2D eigenvalue weighted by Crippen LogP contribution is 2.32. The molecule has 2 aromatic heterocycles. The van der Waals surface area contributed by atoms with E-state index in [1.807, 2.05) is 53.7 Å². The Labute approximate surface area is 339 Å². The van der Waals surface area contributed by atoms with Crippen molar-refractivity contribution in [1.29, 1.82) is 0 Å². The van der Waals surface area contributed by atoms with Crippen molar-refractivity contribution in [1.82, 2.24) is 41.2 Å². The Balaban J connectivity index is 1.09. The maximum absolute atomic E-state index is 12.8. The summed E-state index contributed by atoms with van der Waals surface area (Å²) < 4.78 is 21.5. The van der Waals surface area contributed by atoms with Crippen LogP contribution >= 0.6 is 0 Å². The number of carbonyl (C=O) groups excluding carboxylic acids is 4. The third-order valence-electron chi connectivity index (χ3n) is 10.2. The number of alkyl carbamates (subject to hydrolysis) is 2. The van der Waals surface area contributed by atoms with Crippen LogP contribution in [0.15, 0.2) is 60.9 Å². The van der Waals surface area contributed by atoms with Crippen molar-refractivity contribution in [3.05, 3.63) is 83.8 Å². The minimum atomic E-state index is -0.717. The maximum atomic E-state index is 12.8. The SMILES string of the molecule is COC(=O)N[C@@H](C(=O)CN[C@H](C)c1ncc(-c2ccc(-c3ccc(C4COC(c5cnc([C@H](C)CNC(=O)[C@H](NC(=O)OC)C(C)C)[nH]5)OC4)cc3)cc2)[nH]1)C(C)C. The molecule has 3 amide bonds. The van der Waals surface area contributed by atoms with Gasteiger partial charge in [0.25, 0.3) is 0 Å². The average Bonchev–Trinajstić information content (AvgIpc) is 3.94. The summed E-state index contributed by atoms with van der Waals surface area (Å²) in [5.41, 5.74) is 5.80. The van der Waals surface area contributed by atoms with Gasteiger partial charge in [0.15, 0.2) is 5.78 Å². The number of nitrogens with zero attached hydrogens (tertiary/aromatic N) is 2. The van der Waals surface area contributed by atoms with Crippen LogP contribution in [-0.4, -0.2) is 96.4 Å². The van der Waals surface area contributed by atoms with Crippen LogP contribution in [0, 0.1) is 11.8 Å². The van der Waals surface area contributed by atoms with Gasteiger partial charge in [-0.3, -0.25) is 9.59 Å². The van der Waals surface area contributed by atoms with E-state index in [1.165, 1.54) is 14.2 Å². The molecule has 1 saturated heterocycles. The molecule has 4 aromatic rings. The van der Waals surface area contributed by atoms with Gasteiger partial charge in [-0.1, -0.05) is 83.1 Å². The predicted molar refractivity (Wildman–Crippen MR) is 217 cm³/mol. The molecule has 0 saturated carbocycles. The van der Waals surface area contributed by atoms with Gasteiger partial charge in [-0.15, -0.1) is 0 Å². The number of aromatic amines is 2. The molecule has 0 bridgehead atoms. The van der Waals surface area contributed by atoms with Gasteiger partial charge in [-0.2, -0.15) is 0 Å². The molecule has 0 spiro atoms. The number of Topliss-reactive ketones (excluding diaryl/α,β-unsaturated/α-hetero) is 1. The van der Waals surface area contributed by atoms with Crippen LogP contribution in [0.1, 0.15) is 88.6 Å². The van der Waals surface area contributed by atoms with Gasteiger partial charge in [0.2, 0.25) is 12.2 Å². The van der Waals surface area contributed by atoms with Gasteiger partial charge in [-0.05, 0) is 41.0 Å². The van der Waals surface area contributed by atoms with Gasteiger partial charge in [0.1, 0.15) is 17.7 Å². The standard InChI is InChI=1S/C42H56N8O8/c1-23(2)35(49-41(53)55-7)34(51)20-43-26(6)38-45-18-32(47-38)30-15-13-28(14-16-30)27-9-11-29(12-10-27)31-21-57-40(58-22-31)33-19-44-37(48-33)25(5)17-46-39(52)36(24(3)4)50-42(54)56-8/h9-16,18-19,23-26,31,35-36,40,43H,17,20-22H2,1-8H3,(H,44,48)(H,45,47)(H,46,52)(H,49,53)(H,50,54)/t25-,26-,31?,35-,36-,40?/m1/s1. The minimum Gasteiger partial charge on any atom is -0.453 e. The van der Waals surface area contributed by atoms with Crippen LogP contribution < -0.4 is 21.3 Å². The van der Waals surface area contributed by atoms with E-state index in [0.717, 1.165) is 27.9 Å². The van der Waals surface area contributed by atoms with Gasteiger partial charge in [0.05, 0.1) is 69.8 Å². The van der Waals surface area contributed by atoms with Crippen molar-refractivity contribution in [3.63, 3.8) is 0 Å². The summed E-state index contributed by atoms with van der Waals surface area (Å²) in [5.74, 6) is 0.676. The molecule has 16 heteroatoms. The van der Waals surface area contributed by atoms with Crippen LogP contribution in [0.25, 0.3) is 22.4 Å². The summed E-state index contributed by atoms with van der Waals surface area (Å²) in [5, 5.41) is 11.3. The number of hydrogen-bond donors (Lipinski definition) is 6. The number of nitrogens with one attached hydrogen (secondary N) is 6. The van der Waals surface area contributed by atoms with E-state index < -0.39 is 30.6 Å². The number of amides is 3. The van der Waals surface area contributed by atoms with Crippen molar-refractivity contribution in [2.24, 2.45) is 11.8 Å². The Bertz CT molecular complexity index is 1970. The first-order valence-corrected chi connectivity index (χ1v) is 19.5. The first kappa shape index (κ1) is 43.5. The van der Waals surface area contributed by atoms with Gasteiger partial charge < -0.3 is 50.2 Å². The number of aromatic nitrogens is 4. The lowest BCUT2D eigenvalue weighted by Gasteiger charge is -2.29. The average molecular weight is 801 g/mol. The summed E-state index contributed by atoms with van der Waals surface area (Å²) >= 11 is 0. The second-order valence-electron chi connectivity index (χ2n) is 15.2. The zero-order valence-corrected chi connectivity index (χ0v) is 34.4. The third kappa shape index (κ3) is 11.3. The van der Waals surface area contributed by atoms with E-state index in [4.69, 9.17) is 9.47 Å². The van der Waals surface area contributed by atoms with E-state index in [9.17, 15) is 19.2 Å². The zero-order valence-electron chi connectivity index (χ0n) is 34.4. The Morgan fingerprint density at radius 2 is 1.29 bits per heavy atom. The molecule has 3 heterocycles. The van der Waals surface area contributed by atoms with Crippen LogP contribution in [0.3, 0.4) is 0 Å².